The second kappa shape index (κ2) is 6.27. The number of halogens is 4. The Labute approximate surface area is 143 Å². The Balaban J connectivity index is 2.19. The molecule has 1 aliphatic rings. The zero-order valence-corrected chi connectivity index (χ0v) is 14.3. The van der Waals surface area contributed by atoms with Crippen LogP contribution in [-0.2, 0) is 15.8 Å². The molecule has 0 spiro atoms. The van der Waals surface area contributed by atoms with Crippen LogP contribution >= 0.6 is 11.6 Å². The number of hydrogen-bond donors (Lipinski definition) is 1. The van der Waals surface area contributed by atoms with Crippen LogP contribution in [-0.4, -0.2) is 28.8 Å². The third-order valence-electron chi connectivity index (χ3n) is 3.85. The van der Waals surface area contributed by atoms with E-state index in [-0.39, 0.29) is 29.6 Å². The lowest BCUT2D eigenvalue weighted by Gasteiger charge is -2.32. The van der Waals surface area contributed by atoms with Crippen LogP contribution in [0.25, 0.3) is 0 Å². The lowest BCUT2D eigenvalue weighted by atomic mass is 10.1. The van der Waals surface area contributed by atoms with Crippen LogP contribution in [0.4, 0.5) is 18.9 Å². The first kappa shape index (κ1) is 18.6. The number of carbonyl (C=O) groups is 2. The molecule has 1 atom stereocenters. The van der Waals surface area contributed by atoms with E-state index in [1.807, 2.05) is 20.8 Å². The molecule has 1 aliphatic heterocycles. The van der Waals surface area contributed by atoms with E-state index < -0.39 is 29.1 Å². The molecular weight excluding hydrogens is 345 g/mol. The minimum absolute atomic E-state index is 0.0158. The maximum Gasteiger partial charge on any atom is 0.418 e. The number of anilines is 1. The van der Waals surface area contributed by atoms with Crippen molar-refractivity contribution in [3.05, 3.63) is 28.8 Å². The van der Waals surface area contributed by atoms with Crippen LogP contribution in [0.15, 0.2) is 18.2 Å². The van der Waals surface area contributed by atoms with E-state index >= 15 is 0 Å². The van der Waals surface area contributed by atoms with E-state index in [4.69, 9.17) is 11.6 Å². The standard InChI is InChI=1S/C16H18ClF3N2O2/c1-15(2,3)22-8-9(6-13(22)23)14(24)21-12-5-4-10(17)7-11(12)16(18,19)20/h4-5,7,9H,6,8H2,1-3H3,(H,21,24). The zero-order chi connectivity index (χ0) is 18.3. The fourth-order valence-corrected chi connectivity index (χ4v) is 2.80. The molecular formula is C16H18ClF3N2O2. The van der Waals surface area contributed by atoms with Gasteiger partial charge in [0.25, 0.3) is 0 Å². The highest BCUT2D eigenvalue weighted by molar-refractivity contribution is 6.30. The average molecular weight is 363 g/mol. The Morgan fingerprint density at radius 3 is 2.42 bits per heavy atom. The summed E-state index contributed by atoms with van der Waals surface area (Å²) in [7, 11) is 0. The lowest BCUT2D eigenvalue weighted by Crippen LogP contribution is -2.42. The molecule has 2 amide bonds. The van der Waals surface area contributed by atoms with E-state index in [1.165, 1.54) is 6.07 Å². The number of amides is 2. The van der Waals surface area contributed by atoms with E-state index in [1.54, 1.807) is 4.90 Å². The first-order valence-corrected chi connectivity index (χ1v) is 7.75. The molecule has 0 aliphatic carbocycles. The van der Waals surface area contributed by atoms with Gasteiger partial charge in [0.2, 0.25) is 11.8 Å². The summed E-state index contributed by atoms with van der Waals surface area (Å²) in [6.45, 7) is 5.70. The number of hydrogen-bond acceptors (Lipinski definition) is 2. The zero-order valence-electron chi connectivity index (χ0n) is 13.5. The fraction of sp³-hybridized carbons (Fsp3) is 0.500. The Bertz CT molecular complexity index is 668. The minimum Gasteiger partial charge on any atom is -0.337 e. The van der Waals surface area contributed by atoms with Gasteiger partial charge in [-0.3, -0.25) is 9.59 Å². The number of nitrogens with zero attached hydrogens (tertiary/aromatic N) is 1. The molecule has 4 nitrogen and oxygen atoms in total. The monoisotopic (exact) mass is 362 g/mol. The summed E-state index contributed by atoms with van der Waals surface area (Å²) >= 11 is 5.61. The van der Waals surface area contributed by atoms with Crippen molar-refractivity contribution in [3.8, 4) is 0 Å². The summed E-state index contributed by atoms with van der Waals surface area (Å²) in [4.78, 5) is 25.9. The molecule has 0 bridgehead atoms. The van der Waals surface area contributed by atoms with E-state index in [2.05, 4.69) is 5.32 Å². The SMILES string of the molecule is CC(C)(C)N1CC(C(=O)Nc2ccc(Cl)cc2C(F)(F)F)CC1=O. The second-order valence-corrected chi connectivity index (χ2v) is 7.19. The van der Waals surface area contributed by atoms with Gasteiger partial charge in [-0.2, -0.15) is 13.2 Å². The third kappa shape index (κ3) is 4.01. The maximum absolute atomic E-state index is 13.1. The van der Waals surface area contributed by atoms with Crippen molar-refractivity contribution in [1.29, 1.82) is 0 Å². The molecule has 0 saturated carbocycles. The normalized spacial score (nSPS) is 18.9. The van der Waals surface area contributed by atoms with Gasteiger partial charge in [-0.05, 0) is 39.0 Å². The Morgan fingerprint density at radius 2 is 1.92 bits per heavy atom. The summed E-state index contributed by atoms with van der Waals surface area (Å²) in [5.41, 5.74) is -1.82. The van der Waals surface area contributed by atoms with Crippen molar-refractivity contribution in [2.45, 2.75) is 38.9 Å². The van der Waals surface area contributed by atoms with Crippen molar-refractivity contribution in [2.75, 3.05) is 11.9 Å². The Morgan fingerprint density at radius 1 is 1.29 bits per heavy atom. The molecule has 1 aromatic carbocycles. The van der Waals surface area contributed by atoms with Gasteiger partial charge in [0.15, 0.2) is 0 Å². The molecule has 24 heavy (non-hydrogen) atoms. The average Bonchev–Trinajstić information content (AvgIpc) is 2.82. The van der Waals surface area contributed by atoms with Crippen molar-refractivity contribution in [3.63, 3.8) is 0 Å². The molecule has 2 rings (SSSR count). The van der Waals surface area contributed by atoms with Gasteiger partial charge in [0, 0.05) is 23.5 Å². The topological polar surface area (TPSA) is 49.4 Å². The highest BCUT2D eigenvalue weighted by atomic mass is 35.5. The first-order chi connectivity index (χ1) is 10.9. The Kier molecular flexibility index (Phi) is 4.86. The van der Waals surface area contributed by atoms with Crippen LogP contribution in [0.5, 0.6) is 0 Å². The maximum atomic E-state index is 13.1. The number of nitrogens with one attached hydrogen (secondary N) is 1. The van der Waals surface area contributed by atoms with E-state index in [9.17, 15) is 22.8 Å². The number of alkyl halides is 3. The first-order valence-electron chi connectivity index (χ1n) is 7.37. The van der Waals surface area contributed by atoms with Gasteiger partial charge in [-0.1, -0.05) is 11.6 Å². The quantitative estimate of drug-likeness (QED) is 0.866. The molecule has 1 aromatic rings. The molecule has 0 radical (unpaired) electrons. The molecule has 0 aromatic heterocycles. The predicted molar refractivity (Wildman–Crippen MR) is 84.7 cm³/mol. The minimum atomic E-state index is -4.64. The number of likely N-dealkylation sites (tertiary alicyclic amines) is 1. The van der Waals surface area contributed by atoms with Crippen molar-refractivity contribution < 1.29 is 22.8 Å². The van der Waals surface area contributed by atoms with Gasteiger partial charge in [0.1, 0.15) is 0 Å². The smallest absolute Gasteiger partial charge is 0.337 e. The van der Waals surface area contributed by atoms with Gasteiger partial charge in [0.05, 0.1) is 17.2 Å². The summed E-state index contributed by atoms with van der Waals surface area (Å²) < 4.78 is 39.2. The van der Waals surface area contributed by atoms with Crippen LogP contribution in [0, 0.1) is 5.92 Å². The largest absolute Gasteiger partial charge is 0.418 e. The van der Waals surface area contributed by atoms with Crippen LogP contribution in [0.1, 0.15) is 32.8 Å². The summed E-state index contributed by atoms with van der Waals surface area (Å²) in [6, 6.07) is 3.15. The van der Waals surface area contributed by atoms with Gasteiger partial charge >= 0.3 is 6.18 Å². The van der Waals surface area contributed by atoms with E-state index in [0.717, 1.165) is 12.1 Å². The molecule has 1 fully saturated rings. The molecule has 8 heteroatoms. The number of rotatable bonds is 2. The Hall–Kier alpha value is -1.76. The molecule has 1 unspecified atom stereocenters. The summed E-state index contributed by atoms with van der Waals surface area (Å²) in [6.07, 6.45) is -4.66. The van der Waals surface area contributed by atoms with Crippen molar-refractivity contribution in [2.24, 2.45) is 5.92 Å². The predicted octanol–water partition coefficient (Wildman–Crippen LogP) is 3.94. The lowest BCUT2D eigenvalue weighted by molar-refractivity contribution is -0.137. The molecule has 1 heterocycles. The van der Waals surface area contributed by atoms with Crippen LogP contribution < -0.4 is 5.32 Å². The highest BCUT2D eigenvalue weighted by Gasteiger charge is 2.40. The van der Waals surface area contributed by atoms with Crippen molar-refractivity contribution >= 4 is 29.1 Å². The van der Waals surface area contributed by atoms with Gasteiger partial charge in [-0.25, -0.2) is 0 Å². The van der Waals surface area contributed by atoms with Crippen LogP contribution in [0.2, 0.25) is 5.02 Å². The third-order valence-corrected chi connectivity index (χ3v) is 4.09. The highest BCUT2D eigenvalue weighted by Crippen LogP contribution is 2.37. The second-order valence-electron chi connectivity index (χ2n) is 6.75. The molecule has 1 N–H and O–H groups in total. The fourth-order valence-electron chi connectivity index (χ4n) is 2.63. The molecule has 132 valence electrons. The summed E-state index contributed by atoms with van der Waals surface area (Å²) in [5, 5.41) is 2.21. The summed E-state index contributed by atoms with van der Waals surface area (Å²) in [5.74, 6) is -1.48. The van der Waals surface area contributed by atoms with E-state index in [0.29, 0.717) is 0 Å². The number of benzene rings is 1. The van der Waals surface area contributed by atoms with Gasteiger partial charge in [-0.15, -0.1) is 0 Å². The van der Waals surface area contributed by atoms with Gasteiger partial charge < -0.3 is 10.2 Å². The van der Waals surface area contributed by atoms with Crippen molar-refractivity contribution in [1.82, 2.24) is 4.90 Å². The molecule has 1 saturated heterocycles. The number of carbonyl (C=O) groups excluding carboxylic acids is 2. The van der Waals surface area contributed by atoms with Crippen LogP contribution in [0.3, 0.4) is 0 Å².